The number of rotatable bonds is 6. The summed E-state index contributed by atoms with van der Waals surface area (Å²) >= 11 is 6.97. The van der Waals surface area contributed by atoms with Crippen LogP contribution in [-0.2, 0) is 14.8 Å². The fourth-order valence-electron chi connectivity index (χ4n) is 3.83. The number of carbonyl (C=O) groups excluding carboxylic acids is 1. The highest BCUT2D eigenvalue weighted by atomic mass is 35.5. The summed E-state index contributed by atoms with van der Waals surface area (Å²) in [4.78, 5) is 17.0. The van der Waals surface area contributed by atoms with Gasteiger partial charge in [-0.25, -0.2) is 8.42 Å². The van der Waals surface area contributed by atoms with Gasteiger partial charge in [0, 0.05) is 45.7 Å². The minimum absolute atomic E-state index is 0.220. The second-order valence-corrected chi connectivity index (χ2v) is 11.2. The van der Waals surface area contributed by atoms with Crippen LogP contribution in [0.25, 0.3) is 0 Å². The first-order valence-corrected chi connectivity index (χ1v) is 12.3. The van der Waals surface area contributed by atoms with Crippen molar-refractivity contribution in [3.63, 3.8) is 0 Å². The van der Waals surface area contributed by atoms with Crippen molar-refractivity contribution in [1.29, 1.82) is 0 Å². The maximum Gasteiger partial charge on any atom is 0.252 e. The molecule has 152 valence electrons. The van der Waals surface area contributed by atoms with E-state index in [9.17, 15) is 13.2 Å². The molecule has 2 aliphatic heterocycles. The van der Waals surface area contributed by atoms with E-state index in [0.29, 0.717) is 28.1 Å². The Morgan fingerprint density at radius 1 is 1.15 bits per heavy atom. The lowest BCUT2D eigenvalue weighted by Gasteiger charge is -2.36. The van der Waals surface area contributed by atoms with E-state index in [0.717, 1.165) is 63.3 Å². The fraction of sp³-hybridized carbons (Fsp3) is 0.722. The molecule has 0 aliphatic carbocycles. The molecule has 9 heteroatoms. The summed E-state index contributed by atoms with van der Waals surface area (Å²) in [6, 6.07) is 3.18. The molecule has 2 aliphatic rings. The first-order chi connectivity index (χ1) is 12.9. The summed E-state index contributed by atoms with van der Waals surface area (Å²) in [5, 5.41) is 0. The molecular formula is C18H28ClN3O3S2. The SMILES string of the molecule is CCCN1CCN(C(=O)CC2CCN(S(=O)(=O)c3ccc(Cl)s3)CC2)CC1. The minimum Gasteiger partial charge on any atom is -0.340 e. The van der Waals surface area contributed by atoms with Crippen molar-refractivity contribution in [1.82, 2.24) is 14.1 Å². The van der Waals surface area contributed by atoms with Crippen molar-refractivity contribution in [3.05, 3.63) is 16.5 Å². The van der Waals surface area contributed by atoms with Crippen LogP contribution in [0.4, 0.5) is 0 Å². The zero-order valence-corrected chi connectivity index (χ0v) is 18.2. The average Bonchev–Trinajstić information content (AvgIpc) is 3.10. The molecule has 3 rings (SSSR count). The quantitative estimate of drug-likeness (QED) is 0.692. The van der Waals surface area contributed by atoms with Gasteiger partial charge in [-0.05, 0) is 43.9 Å². The Balaban J connectivity index is 1.46. The Kier molecular flexibility index (Phi) is 7.19. The summed E-state index contributed by atoms with van der Waals surface area (Å²) in [5.74, 6) is 0.488. The van der Waals surface area contributed by atoms with Crippen LogP contribution in [0.15, 0.2) is 16.3 Å². The van der Waals surface area contributed by atoms with Crippen molar-refractivity contribution in [2.24, 2.45) is 5.92 Å². The van der Waals surface area contributed by atoms with Crippen LogP contribution in [-0.4, -0.2) is 74.2 Å². The van der Waals surface area contributed by atoms with Gasteiger partial charge in [-0.15, -0.1) is 11.3 Å². The minimum atomic E-state index is -3.46. The van der Waals surface area contributed by atoms with E-state index in [-0.39, 0.29) is 11.8 Å². The van der Waals surface area contributed by atoms with Gasteiger partial charge >= 0.3 is 0 Å². The van der Waals surface area contributed by atoms with Gasteiger partial charge < -0.3 is 4.90 Å². The molecule has 1 aromatic heterocycles. The third-order valence-electron chi connectivity index (χ3n) is 5.44. The van der Waals surface area contributed by atoms with Crippen molar-refractivity contribution < 1.29 is 13.2 Å². The molecular weight excluding hydrogens is 406 g/mol. The topological polar surface area (TPSA) is 60.9 Å². The van der Waals surface area contributed by atoms with Crippen LogP contribution in [0.5, 0.6) is 0 Å². The summed E-state index contributed by atoms with van der Waals surface area (Å²) in [7, 11) is -3.46. The maximum atomic E-state index is 12.7. The lowest BCUT2D eigenvalue weighted by atomic mass is 9.94. The summed E-state index contributed by atoms with van der Waals surface area (Å²) < 4.78 is 27.6. The molecule has 0 aromatic carbocycles. The highest BCUT2D eigenvalue weighted by Gasteiger charge is 2.32. The van der Waals surface area contributed by atoms with E-state index in [1.165, 1.54) is 4.31 Å². The molecule has 1 amide bonds. The maximum absolute atomic E-state index is 12.7. The lowest BCUT2D eigenvalue weighted by molar-refractivity contribution is -0.134. The largest absolute Gasteiger partial charge is 0.340 e. The molecule has 0 radical (unpaired) electrons. The number of thiophene rings is 1. The Labute approximate surface area is 171 Å². The molecule has 0 atom stereocenters. The summed E-state index contributed by atoms with van der Waals surface area (Å²) in [6.07, 6.45) is 3.15. The smallest absolute Gasteiger partial charge is 0.252 e. The molecule has 6 nitrogen and oxygen atoms in total. The number of hydrogen-bond donors (Lipinski definition) is 0. The third kappa shape index (κ3) is 5.23. The van der Waals surface area contributed by atoms with Gasteiger partial charge in [0.05, 0.1) is 4.34 Å². The van der Waals surface area contributed by atoms with Gasteiger partial charge in [-0.3, -0.25) is 9.69 Å². The second kappa shape index (κ2) is 9.22. The second-order valence-electron chi connectivity index (χ2n) is 7.33. The number of carbonyl (C=O) groups is 1. The summed E-state index contributed by atoms with van der Waals surface area (Å²) in [6.45, 7) is 7.76. The van der Waals surface area contributed by atoms with Gasteiger partial charge in [0.2, 0.25) is 5.91 Å². The number of piperazine rings is 1. The van der Waals surface area contributed by atoms with Crippen molar-refractivity contribution in [2.75, 3.05) is 45.8 Å². The third-order valence-corrected chi connectivity index (χ3v) is 9.04. The zero-order valence-electron chi connectivity index (χ0n) is 15.8. The first-order valence-electron chi connectivity index (χ1n) is 9.65. The number of nitrogens with zero attached hydrogens (tertiary/aromatic N) is 3. The number of hydrogen-bond acceptors (Lipinski definition) is 5. The predicted octanol–water partition coefficient (Wildman–Crippen LogP) is 2.75. The highest BCUT2D eigenvalue weighted by molar-refractivity contribution is 7.91. The molecule has 1 aromatic rings. The van der Waals surface area contributed by atoms with Crippen LogP contribution >= 0.6 is 22.9 Å². The molecule has 0 bridgehead atoms. The normalized spacial score (nSPS) is 20.9. The predicted molar refractivity (Wildman–Crippen MR) is 109 cm³/mol. The van der Waals surface area contributed by atoms with Gasteiger partial charge in [0.15, 0.2) is 0 Å². The Bertz CT molecular complexity index is 737. The van der Waals surface area contributed by atoms with E-state index in [2.05, 4.69) is 11.8 Å². The molecule has 27 heavy (non-hydrogen) atoms. The fourth-order valence-corrected chi connectivity index (χ4v) is 6.94. The van der Waals surface area contributed by atoms with Crippen molar-refractivity contribution in [2.45, 2.75) is 36.8 Å². The highest BCUT2D eigenvalue weighted by Crippen LogP contribution is 2.31. The number of halogens is 1. The van der Waals surface area contributed by atoms with Crippen molar-refractivity contribution >= 4 is 38.9 Å². The van der Waals surface area contributed by atoms with E-state index < -0.39 is 10.0 Å². The zero-order chi connectivity index (χ0) is 19.4. The van der Waals surface area contributed by atoms with Crippen LogP contribution in [0.3, 0.4) is 0 Å². The van der Waals surface area contributed by atoms with E-state index >= 15 is 0 Å². The summed E-state index contributed by atoms with van der Waals surface area (Å²) in [5.41, 5.74) is 0. The van der Waals surface area contributed by atoms with Gasteiger partial charge in [-0.1, -0.05) is 18.5 Å². The number of sulfonamides is 1. The van der Waals surface area contributed by atoms with E-state index in [1.54, 1.807) is 12.1 Å². The van der Waals surface area contributed by atoms with Crippen LogP contribution < -0.4 is 0 Å². The Morgan fingerprint density at radius 3 is 2.37 bits per heavy atom. The number of piperidine rings is 1. The van der Waals surface area contributed by atoms with E-state index in [4.69, 9.17) is 11.6 Å². The molecule has 2 saturated heterocycles. The van der Waals surface area contributed by atoms with Crippen LogP contribution in [0.2, 0.25) is 4.34 Å². The molecule has 2 fully saturated rings. The van der Waals surface area contributed by atoms with Gasteiger partial charge in [0.25, 0.3) is 10.0 Å². The molecule has 3 heterocycles. The molecule has 0 spiro atoms. The lowest BCUT2D eigenvalue weighted by Crippen LogP contribution is -2.49. The number of amides is 1. The Hall–Kier alpha value is -0.670. The first kappa shape index (κ1) is 21.0. The van der Waals surface area contributed by atoms with Gasteiger partial charge in [0.1, 0.15) is 4.21 Å². The monoisotopic (exact) mass is 433 g/mol. The molecule has 0 unspecified atom stereocenters. The standard InChI is InChI=1S/C18H28ClN3O3S2/c1-2-7-20-10-12-21(13-11-20)17(23)14-15-5-8-22(9-6-15)27(24,25)18-4-3-16(19)26-18/h3-4,15H,2,5-14H2,1H3. The van der Waals surface area contributed by atoms with Crippen molar-refractivity contribution in [3.8, 4) is 0 Å². The average molecular weight is 434 g/mol. The van der Waals surface area contributed by atoms with E-state index in [1.807, 2.05) is 4.90 Å². The van der Waals surface area contributed by atoms with Crippen LogP contribution in [0.1, 0.15) is 32.6 Å². The molecule has 0 saturated carbocycles. The van der Waals surface area contributed by atoms with Crippen LogP contribution in [0, 0.1) is 5.92 Å². The Morgan fingerprint density at radius 2 is 1.81 bits per heavy atom. The van der Waals surface area contributed by atoms with Gasteiger partial charge in [-0.2, -0.15) is 4.31 Å². The molecule has 0 N–H and O–H groups in total.